The van der Waals surface area contributed by atoms with Crippen LogP contribution in [-0.4, -0.2) is 42.6 Å². The molecular weight excluding hydrogens is 252 g/mol. The molecule has 0 saturated heterocycles. The van der Waals surface area contributed by atoms with E-state index in [0.29, 0.717) is 6.04 Å². The van der Waals surface area contributed by atoms with Gasteiger partial charge in [-0.1, -0.05) is 20.3 Å². The summed E-state index contributed by atoms with van der Waals surface area (Å²) in [7, 11) is 1.96. The number of hydrogen-bond acceptors (Lipinski definition) is 3. The van der Waals surface area contributed by atoms with Gasteiger partial charge in [0, 0.05) is 37.1 Å². The lowest BCUT2D eigenvalue weighted by molar-refractivity contribution is -0.167. The predicted molar refractivity (Wildman–Crippen MR) is 80.3 cm³/mol. The van der Waals surface area contributed by atoms with Crippen LogP contribution in [0.15, 0.2) is 0 Å². The standard InChI is InChI=1S/C16H30N2O2/c1-5-20-14-10-13(16(14,2)3)18(4)15(19)11-7-6-8-12(17)9-11/h11-14H,5-10,17H2,1-4H3. The summed E-state index contributed by atoms with van der Waals surface area (Å²) in [4.78, 5) is 14.6. The van der Waals surface area contributed by atoms with E-state index < -0.39 is 0 Å². The highest BCUT2D eigenvalue weighted by Crippen LogP contribution is 2.46. The van der Waals surface area contributed by atoms with Gasteiger partial charge in [0.25, 0.3) is 0 Å². The van der Waals surface area contributed by atoms with Crippen molar-refractivity contribution >= 4 is 5.91 Å². The van der Waals surface area contributed by atoms with Crippen molar-refractivity contribution in [3.05, 3.63) is 0 Å². The molecule has 2 rings (SSSR count). The normalized spacial score (nSPS) is 36.2. The van der Waals surface area contributed by atoms with Gasteiger partial charge in [0.2, 0.25) is 5.91 Å². The van der Waals surface area contributed by atoms with Gasteiger partial charge in [-0.05, 0) is 32.6 Å². The first-order chi connectivity index (χ1) is 9.37. The van der Waals surface area contributed by atoms with Gasteiger partial charge in [-0.15, -0.1) is 0 Å². The van der Waals surface area contributed by atoms with Gasteiger partial charge in [0.1, 0.15) is 0 Å². The van der Waals surface area contributed by atoms with E-state index in [1.165, 1.54) is 0 Å². The quantitative estimate of drug-likeness (QED) is 0.859. The molecule has 0 radical (unpaired) electrons. The molecule has 4 heteroatoms. The van der Waals surface area contributed by atoms with E-state index in [2.05, 4.69) is 13.8 Å². The Morgan fingerprint density at radius 2 is 2.05 bits per heavy atom. The maximum Gasteiger partial charge on any atom is 0.225 e. The zero-order chi connectivity index (χ0) is 14.9. The van der Waals surface area contributed by atoms with Gasteiger partial charge >= 0.3 is 0 Å². The lowest BCUT2D eigenvalue weighted by Gasteiger charge is -2.55. The number of carbonyl (C=O) groups is 1. The molecule has 2 N–H and O–H groups in total. The molecule has 0 aliphatic heterocycles. The molecule has 0 aromatic rings. The molecule has 0 heterocycles. The molecule has 2 aliphatic rings. The largest absolute Gasteiger partial charge is 0.378 e. The molecule has 2 aliphatic carbocycles. The number of carbonyl (C=O) groups excluding carboxylic acids is 1. The van der Waals surface area contributed by atoms with E-state index in [4.69, 9.17) is 10.5 Å². The molecule has 116 valence electrons. The summed E-state index contributed by atoms with van der Waals surface area (Å²) in [6, 6.07) is 0.501. The molecular formula is C16H30N2O2. The first kappa shape index (κ1) is 15.8. The Balaban J connectivity index is 1.94. The van der Waals surface area contributed by atoms with Gasteiger partial charge in [-0.2, -0.15) is 0 Å². The van der Waals surface area contributed by atoms with Crippen molar-refractivity contribution in [3.8, 4) is 0 Å². The highest BCUT2D eigenvalue weighted by atomic mass is 16.5. The summed E-state index contributed by atoms with van der Waals surface area (Å²) >= 11 is 0. The highest BCUT2D eigenvalue weighted by molar-refractivity contribution is 5.79. The summed E-state index contributed by atoms with van der Waals surface area (Å²) in [5.74, 6) is 0.416. The van der Waals surface area contributed by atoms with Gasteiger partial charge in [-0.25, -0.2) is 0 Å². The molecule has 2 fully saturated rings. The smallest absolute Gasteiger partial charge is 0.225 e. The Hall–Kier alpha value is -0.610. The van der Waals surface area contributed by atoms with E-state index in [9.17, 15) is 4.79 Å². The Kier molecular flexibility index (Phi) is 4.75. The van der Waals surface area contributed by atoms with Crippen LogP contribution in [0.25, 0.3) is 0 Å². The third kappa shape index (κ3) is 2.86. The summed E-state index contributed by atoms with van der Waals surface area (Å²) < 4.78 is 5.76. The molecule has 0 aromatic heterocycles. The van der Waals surface area contributed by atoms with Crippen LogP contribution in [0.4, 0.5) is 0 Å². The Bertz CT molecular complexity index is 356. The average molecular weight is 282 g/mol. The second kappa shape index (κ2) is 6.02. The molecule has 4 atom stereocenters. The van der Waals surface area contributed by atoms with E-state index in [-0.39, 0.29) is 29.4 Å². The van der Waals surface area contributed by atoms with Crippen molar-refractivity contribution in [2.75, 3.05) is 13.7 Å². The SMILES string of the molecule is CCOC1CC(N(C)C(=O)C2CCCC(N)C2)C1(C)C. The Morgan fingerprint density at radius 1 is 1.35 bits per heavy atom. The van der Waals surface area contributed by atoms with Crippen molar-refractivity contribution < 1.29 is 9.53 Å². The number of ether oxygens (including phenoxy) is 1. The summed E-state index contributed by atoms with van der Waals surface area (Å²) in [5, 5.41) is 0. The van der Waals surface area contributed by atoms with Gasteiger partial charge in [-0.3, -0.25) is 4.79 Å². The first-order valence-electron chi connectivity index (χ1n) is 8.01. The van der Waals surface area contributed by atoms with Crippen molar-refractivity contribution in [1.82, 2.24) is 4.90 Å². The number of nitrogens with zero attached hydrogens (tertiary/aromatic N) is 1. The average Bonchev–Trinajstić information content (AvgIpc) is 2.41. The molecule has 4 nitrogen and oxygen atoms in total. The fourth-order valence-electron chi connectivity index (χ4n) is 3.90. The third-order valence-corrected chi connectivity index (χ3v) is 5.37. The van der Waals surface area contributed by atoms with Crippen molar-refractivity contribution in [2.45, 2.75) is 71.1 Å². The van der Waals surface area contributed by atoms with Crippen LogP contribution in [0.2, 0.25) is 0 Å². The zero-order valence-corrected chi connectivity index (χ0v) is 13.4. The molecule has 0 bridgehead atoms. The van der Waals surface area contributed by atoms with E-state index >= 15 is 0 Å². The van der Waals surface area contributed by atoms with Crippen molar-refractivity contribution in [1.29, 1.82) is 0 Å². The van der Waals surface area contributed by atoms with E-state index in [1.807, 2.05) is 18.9 Å². The van der Waals surface area contributed by atoms with Crippen LogP contribution >= 0.6 is 0 Å². The lowest BCUT2D eigenvalue weighted by atomic mass is 9.63. The second-order valence-corrected chi connectivity index (χ2v) is 7.09. The van der Waals surface area contributed by atoms with Crippen LogP contribution in [0.3, 0.4) is 0 Å². The van der Waals surface area contributed by atoms with Gasteiger partial charge < -0.3 is 15.4 Å². The Labute approximate surface area is 123 Å². The van der Waals surface area contributed by atoms with Crippen LogP contribution in [0.1, 0.15) is 52.9 Å². The topological polar surface area (TPSA) is 55.6 Å². The van der Waals surface area contributed by atoms with Crippen LogP contribution in [0, 0.1) is 11.3 Å². The van der Waals surface area contributed by atoms with Crippen LogP contribution in [-0.2, 0) is 9.53 Å². The molecule has 4 unspecified atom stereocenters. The minimum atomic E-state index is 0.0528. The molecule has 1 amide bonds. The summed E-state index contributed by atoms with van der Waals surface area (Å²) in [6.07, 6.45) is 5.24. The minimum absolute atomic E-state index is 0.0528. The van der Waals surface area contributed by atoms with Gasteiger partial charge in [0.15, 0.2) is 0 Å². The highest BCUT2D eigenvalue weighted by Gasteiger charge is 2.52. The molecule has 0 aromatic carbocycles. The summed E-state index contributed by atoms with van der Waals surface area (Å²) in [6.45, 7) is 7.19. The number of amides is 1. The van der Waals surface area contributed by atoms with Crippen LogP contribution < -0.4 is 5.73 Å². The monoisotopic (exact) mass is 282 g/mol. The van der Waals surface area contributed by atoms with Crippen LogP contribution in [0.5, 0.6) is 0 Å². The number of nitrogens with two attached hydrogens (primary N) is 1. The fraction of sp³-hybridized carbons (Fsp3) is 0.938. The van der Waals surface area contributed by atoms with Crippen molar-refractivity contribution in [3.63, 3.8) is 0 Å². The Morgan fingerprint density at radius 3 is 2.60 bits per heavy atom. The number of hydrogen-bond donors (Lipinski definition) is 1. The lowest BCUT2D eigenvalue weighted by Crippen LogP contribution is -2.63. The minimum Gasteiger partial charge on any atom is -0.378 e. The van der Waals surface area contributed by atoms with E-state index in [1.54, 1.807) is 0 Å². The second-order valence-electron chi connectivity index (χ2n) is 7.09. The summed E-state index contributed by atoms with van der Waals surface area (Å²) in [5.41, 5.74) is 6.06. The third-order valence-electron chi connectivity index (χ3n) is 5.37. The molecule has 20 heavy (non-hydrogen) atoms. The maximum atomic E-state index is 12.7. The number of rotatable bonds is 4. The predicted octanol–water partition coefficient (Wildman–Crippen LogP) is 2.17. The molecule has 2 saturated carbocycles. The van der Waals surface area contributed by atoms with E-state index in [0.717, 1.165) is 38.7 Å². The fourth-order valence-corrected chi connectivity index (χ4v) is 3.90. The maximum absolute atomic E-state index is 12.7. The molecule has 0 spiro atoms. The first-order valence-corrected chi connectivity index (χ1v) is 8.01. The zero-order valence-electron chi connectivity index (χ0n) is 13.4. The van der Waals surface area contributed by atoms with Crippen molar-refractivity contribution in [2.24, 2.45) is 17.1 Å². The van der Waals surface area contributed by atoms with Gasteiger partial charge in [0.05, 0.1) is 6.10 Å².